The zero-order valence-corrected chi connectivity index (χ0v) is 10.4. The van der Waals surface area contributed by atoms with E-state index in [-0.39, 0.29) is 24.1 Å². The fourth-order valence-corrected chi connectivity index (χ4v) is 2.01. The smallest absolute Gasteiger partial charge is 0.270 e. The van der Waals surface area contributed by atoms with Crippen LogP contribution in [0.2, 0.25) is 0 Å². The van der Waals surface area contributed by atoms with Crippen molar-refractivity contribution in [3.63, 3.8) is 0 Å². The summed E-state index contributed by atoms with van der Waals surface area (Å²) >= 11 is 0. The number of halogens is 1. The molecule has 0 spiro atoms. The van der Waals surface area contributed by atoms with Crippen molar-refractivity contribution in [2.45, 2.75) is 12.5 Å². The Kier molecular flexibility index (Phi) is 4.48. The number of nitriles is 1. The second kappa shape index (κ2) is 5.67. The van der Waals surface area contributed by atoms with Crippen molar-refractivity contribution in [1.82, 2.24) is 0 Å². The van der Waals surface area contributed by atoms with Crippen LogP contribution in [0.25, 0.3) is 0 Å². The molecule has 96 valence electrons. The molecule has 1 atom stereocenters. The van der Waals surface area contributed by atoms with Crippen molar-refractivity contribution < 1.29 is 4.92 Å². The van der Waals surface area contributed by atoms with E-state index in [1.807, 2.05) is 11.0 Å². The molecule has 1 aliphatic rings. The lowest BCUT2D eigenvalue weighted by molar-refractivity contribution is -0.384. The molecule has 0 saturated carbocycles. The lowest BCUT2D eigenvalue weighted by Crippen LogP contribution is -2.26. The van der Waals surface area contributed by atoms with Gasteiger partial charge in [-0.1, -0.05) is 0 Å². The Morgan fingerprint density at radius 2 is 2.28 bits per heavy atom. The monoisotopic (exact) mass is 268 g/mol. The summed E-state index contributed by atoms with van der Waals surface area (Å²) in [4.78, 5) is 12.1. The van der Waals surface area contributed by atoms with Crippen LogP contribution >= 0.6 is 12.4 Å². The van der Waals surface area contributed by atoms with Crippen LogP contribution in [0, 0.1) is 21.4 Å². The van der Waals surface area contributed by atoms with Gasteiger partial charge in [-0.2, -0.15) is 5.26 Å². The third-order valence-electron chi connectivity index (χ3n) is 2.88. The molecule has 0 radical (unpaired) electrons. The van der Waals surface area contributed by atoms with Gasteiger partial charge in [0.15, 0.2) is 0 Å². The summed E-state index contributed by atoms with van der Waals surface area (Å²) in [5.74, 6) is 0. The summed E-state index contributed by atoms with van der Waals surface area (Å²) in [6.07, 6.45) is 0.877. The van der Waals surface area contributed by atoms with Gasteiger partial charge in [0.2, 0.25) is 0 Å². The Labute approximate surface area is 111 Å². The first-order valence-electron chi connectivity index (χ1n) is 5.31. The number of nitrogens with two attached hydrogens (primary N) is 1. The molecule has 0 amide bonds. The fraction of sp³-hybridized carbons (Fsp3) is 0.364. The molecule has 1 aromatic rings. The highest BCUT2D eigenvalue weighted by molar-refractivity contribution is 5.85. The molecule has 0 bridgehead atoms. The summed E-state index contributed by atoms with van der Waals surface area (Å²) in [6, 6.07) is 6.44. The van der Waals surface area contributed by atoms with Crippen LogP contribution in [0.5, 0.6) is 0 Å². The zero-order valence-electron chi connectivity index (χ0n) is 9.57. The summed E-state index contributed by atoms with van der Waals surface area (Å²) in [7, 11) is 0. The van der Waals surface area contributed by atoms with E-state index in [1.165, 1.54) is 12.1 Å². The quantitative estimate of drug-likeness (QED) is 0.646. The number of non-ortho nitro benzene ring substituents is 1. The van der Waals surface area contributed by atoms with Crippen LogP contribution in [0.3, 0.4) is 0 Å². The van der Waals surface area contributed by atoms with E-state index in [9.17, 15) is 10.1 Å². The van der Waals surface area contributed by atoms with Crippen LogP contribution in [0.15, 0.2) is 18.2 Å². The molecule has 0 aromatic heterocycles. The van der Waals surface area contributed by atoms with E-state index in [2.05, 4.69) is 0 Å². The minimum Gasteiger partial charge on any atom is -0.369 e. The standard InChI is InChI=1S/C11H12N4O2.ClH/c12-6-8-5-10(15(16)17)1-2-11(8)14-4-3-9(13)7-14;/h1-2,5,9H,3-4,7,13H2;1H. The number of benzene rings is 1. The number of rotatable bonds is 2. The predicted molar refractivity (Wildman–Crippen MR) is 69.9 cm³/mol. The van der Waals surface area contributed by atoms with Gasteiger partial charge in [0.1, 0.15) is 6.07 Å². The van der Waals surface area contributed by atoms with Crippen LogP contribution < -0.4 is 10.6 Å². The van der Waals surface area contributed by atoms with E-state index in [0.29, 0.717) is 12.1 Å². The third-order valence-corrected chi connectivity index (χ3v) is 2.88. The normalized spacial score (nSPS) is 18.0. The molecule has 6 nitrogen and oxygen atoms in total. The molecule has 1 aliphatic heterocycles. The summed E-state index contributed by atoms with van der Waals surface area (Å²) in [5, 5.41) is 19.6. The molecule has 1 aromatic carbocycles. The molecule has 1 heterocycles. The van der Waals surface area contributed by atoms with Gasteiger partial charge in [0.25, 0.3) is 5.69 Å². The van der Waals surface area contributed by atoms with Crippen molar-refractivity contribution in [2.24, 2.45) is 5.73 Å². The number of hydrogen-bond acceptors (Lipinski definition) is 5. The lowest BCUT2D eigenvalue weighted by atomic mass is 10.1. The Bertz CT molecular complexity index is 500. The largest absolute Gasteiger partial charge is 0.369 e. The molecule has 7 heteroatoms. The van der Waals surface area contributed by atoms with Gasteiger partial charge in [0, 0.05) is 31.3 Å². The van der Waals surface area contributed by atoms with Crippen molar-refractivity contribution >= 4 is 23.8 Å². The zero-order chi connectivity index (χ0) is 12.4. The average Bonchev–Trinajstić information content (AvgIpc) is 2.74. The van der Waals surface area contributed by atoms with Crippen molar-refractivity contribution in [3.8, 4) is 6.07 Å². The van der Waals surface area contributed by atoms with Crippen LogP contribution in [-0.4, -0.2) is 24.1 Å². The third kappa shape index (κ3) is 2.70. The number of anilines is 1. The highest BCUT2D eigenvalue weighted by Gasteiger charge is 2.22. The number of nitro benzene ring substituents is 1. The average molecular weight is 269 g/mol. The van der Waals surface area contributed by atoms with Crippen LogP contribution in [0.1, 0.15) is 12.0 Å². The van der Waals surface area contributed by atoms with Gasteiger partial charge < -0.3 is 10.6 Å². The van der Waals surface area contributed by atoms with Gasteiger partial charge in [-0.05, 0) is 12.5 Å². The molecular formula is C11H13ClN4O2. The minimum atomic E-state index is -0.500. The second-order valence-electron chi connectivity index (χ2n) is 4.07. The number of hydrogen-bond donors (Lipinski definition) is 1. The van der Waals surface area contributed by atoms with Gasteiger partial charge in [0.05, 0.1) is 16.2 Å². The Morgan fingerprint density at radius 3 is 2.78 bits per heavy atom. The number of nitrogens with zero attached hydrogens (tertiary/aromatic N) is 3. The van der Waals surface area contributed by atoms with E-state index >= 15 is 0 Å². The first kappa shape index (κ1) is 14.2. The van der Waals surface area contributed by atoms with Gasteiger partial charge in [-0.25, -0.2) is 0 Å². The van der Waals surface area contributed by atoms with E-state index in [1.54, 1.807) is 6.07 Å². The highest BCUT2D eigenvalue weighted by Crippen LogP contribution is 2.27. The fourth-order valence-electron chi connectivity index (χ4n) is 2.01. The molecule has 0 aliphatic carbocycles. The first-order chi connectivity index (χ1) is 8.11. The Balaban J connectivity index is 0.00000162. The molecule has 1 unspecified atom stereocenters. The van der Waals surface area contributed by atoms with Gasteiger partial charge >= 0.3 is 0 Å². The molecule has 2 rings (SSSR count). The summed E-state index contributed by atoms with van der Waals surface area (Å²) in [6.45, 7) is 1.47. The highest BCUT2D eigenvalue weighted by atomic mass is 35.5. The van der Waals surface area contributed by atoms with Gasteiger partial charge in [-0.15, -0.1) is 12.4 Å². The second-order valence-corrected chi connectivity index (χ2v) is 4.07. The number of nitro groups is 1. The van der Waals surface area contributed by atoms with Crippen LogP contribution in [0.4, 0.5) is 11.4 Å². The van der Waals surface area contributed by atoms with Gasteiger partial charge in [-0.3, -0.25) is 10.1 Å². The summed E-state index contributed by atoms with van der Waals surface area (Å²) < 4.78 is 0. The van der Waals surface area contributed by atoms with E-state index < -0.39 is 4.92 Å². The Morgan fingerprint density at radius 1 is 1.56 bits per heavy atom. The molecular weight excluding hydrogens is 256 g/mol. The molecule has 2 N–H and O–H groups in total. The van der Waals surface area contributed by atoms with Crippen molar-refractivity contribution in [2.75, 3.05) is 18.0 Å². The topological polar surface area (TPSA) is 96.2 Å². The SMILES string of the molecule is Cl.N#Cc1cc([N+](=O)[O-])ccc1N1CCC(N)C1. The lowest BCUT2D eigenvalue weighted by Gasteiger charge is -2.18. The minimum absolute atomic E-state index is 0. The maximum absolute atomic E-state index is 10.6. The molecule has 18 heavy (non-hydrogen) atoms. The van der Waals surface area contributed by atoms with E-state index in [4.69, 9.17) is 11.0 Å². The van der Waals surface area contributed by atoms with Crippen LogP contribution in [-0.2, 0) is 0 Å². The van der Waals surface area contributed by atoms with Crippen molar-refractivity contribution in [1.29, 1.82) is 5.26 Å². The maximum atomic E-state index is 10.6. The van der Waals surface area contributed by atoms with E-state index in [0.717, 1.165) is 18.7 Å². The van der Waals surface area contributed by atoms with Crippen molar-refractivity contribution in [3.05, 3.63) is 33.9 Å². The Hall–Kier alpha value is -1.84. The maximum Gasteiger partial charge on any atom is 0.270 e. The predicted octanol–water partition coefficient (Wildman–Crippen LogP) is 1.43. The summed E-state index contributed by atoms with van der Waals surface area (Å²) in [5.41, 5.74) is 6.79. The molecule has 1 saturated heterocycles. The first-order valence-corrected chi connectivity index (χ1v) is 5.31. The molecule has 1 fully saturated rings.